The van der Waals surface area contributed by atoms with Gasteiger partial charge < -0.3 is 20.1 Å². The van der Waals surface area contributed by atoms with Gasteiger partial charge in [-0.15, -0.1) is 0 Å². The number of nitrogens with one attached hydrogen (secondary N) is 2. The second-order valence-corrected chi connectivity index (χ2v) is 9.78. The van der Waals surface area contributed by atoms with Crippen LogP contribution in [0.1, 0.15) is 36.1 Å². The number of carbonyl (C=O) groups excluding carboxylic acids is 2. The Hall–Kier alpha value is -4.06. The third kappa shape index (κ3) is 7.00. The Bertz CT molecular complexity index is 1310. The lowest BCUT2D eigenvalue weighted by Crippen LogP contribution is -2.49. The van der Waals surface area contributed by atoms with E-state index >= 15 is 0 Å². The van der Waals surface area contributed by atoms with Gasteiger partial charge in [0.1, 0.15) is 6.54 Å². The van der Waals surface area contributed by atoms with Crippen molar-refractivity contribution >= 4 is 22.8 Å². The van der Waals surface area contributed by atoms with Crippen molar-refractivity contribution in [3.8, 4) is 0 Å². The van der Waals surface area contributed by atoms with Gasteiger partial charge in [-0.1, -0.05) is 78.4 Å². The van der Waals surface area contributed by atoms with Gasteiger partial charge in [-0.05, 0) is 49.9 Å². The van der Waals surface area contributed by atoms with E-state index in [1.54, 1.807) is 4.90 Å². The molecule has 0 aliphatic rings. The maximum atomic E-state index is 13.6. The summed E-state index contributed by atoms with van der Waals surface area (Å²) in [4.78, 5) is 33.5. The van der Waals surface area contributed by atoms with Gasteiger partial charge in [0.15, 0.2) is 0 Å². The average Bonchev–Trinajstić information content (AvgIpc) is 3.32. The molecule has 2 N–H and O–H groups in total. The highest BCUT2D eigenvalue weighted by Crippen LogP contribution is 2.19. The van der Waals surface area contributed by atoms with Crippen LogP contribution in [0.4, 0.5) is 4.79 Å². The Balaban J connectivity index is 1.47. The average molecular weight is 497 g/mol. The molecule has 0 saturated heterocycles. The summed E-state index contributed by atoms with van der Waals surface area (Å²) in [5.74, 6) is -0.0658. The van der Waals surface area contributed by atoms with Crippen LogP contribution in [0.15, 0.2) is 85.1 Å². The van der Waals surface area contributed by atoms with E-state index in [1.165, 1.54) is 16.5 Å². The van der Waals surface area contributed by atoms with Crippen molar-refractivity contribution in [2.45, 2.75) is 46.3 Å². The van der Waals surface area contributed by atoms with Crippen LogP contribution in [0.3, 0.4) is 0 Å². The first-order valence-corrected chi connectivity index (χ1v) is 12.9. The van der Waals surface area contributed by atoms with E-state index in [0.29, 0.717) is 19.6 Å². The van der Waals surface area contributed by atoms with Crippen LogP contribution in [0.2, 0.25) is 0 Å². The molecule has 4 rings (SSSR count). The number of aromatic amines is 1. The van der Waals surface area contributed by atoms with Crippen LogP contribution in [-0.2, 0) is 24.3 Å². The van der Waals surface area contributed by atoms with E-state index in [0.717, 1.165) is 23.1 Å². The van der Waals surface area contributed by atoms with E-state index in [9.17, 15) is 9.59 Å². The topological polar surface area (TPSA) is 68.4 Å². The highest BCUT2D eigenvalue weighted by atomic mass is 16.2. The molecule has 0 bridgehead atoms. The Morgan fingerprint density at radius 2 is 1.59 bits per heavy atom. The van der Waals surface area contributed by atoms with Gasteiger partial charge in [0.2, 0.25) is 5.91 Å². The lowest BCUT2D eigenvalue weighted by Gasteiger charge is -2.30. The third-order valence-corrected chi connectivity index (χ3v) is 6.65. The molecular formula is C31H36N4O2. The van der Waals surface area contributed by atoms with Crippen LogP contribution < -0.4 is 5.32 Å². The van der Waals surface area contributed by atoms with Crippen molar-refractivity contribution in [1.82, 2.24) is 20.1 Å². The lowest BCUT2D eigenvalue weighted by molar-refractivity contribution is -0.132. The molecule has 1 heterocycles. The molecule has 3 amide bonds. The number of hydrogen-bond donors (Lipinski definition) is 2. The maximum absolute atomic E-state index is 13.6. The first kappa shape index (κ1) is 26.0. The predicted octanol–water partition coefficient (Wildman–Crippen LogP) is 5.67. The molecule has 0 aliphatic heterocycles. The molecule has 6 heteroatoms. The minimum absolute atomic E-state index is 0.0258. The van der Waals surface area contributed by atoms with Crippen molar-refractivity contribution in [2.24, 2.45) is 0 Å². The third-order valence-electron chi connectivity index (χ3n) is 6.65. The molecule has 1 aromatic heterocycles. The maximum Gasteiger partial charge on any atom is 0.318 e. The van der Waals surface area contributed by atoms with E-state index < -0.39 is 0 Å². The van der Waals surface area contributed by atoms with Gasteiger partial charge in [0, 0.05) is 42.8 Å². The van der Waals surface area contributed by atoms with Gasteiger partial charge in [0.05, 0.1) is 0 Å². The summed E-state index contributed by atoms with van der Waals surface area (Å²) in [7, 11) is 0. The number of hydrogen-bond acceptors (Lipinski definition) is 2. The Labute approximate surface area is 219 Å². The number of nitrogens with zero attached hydrogens (tertiary/aromatic N) is 2. The van der Waals surface area contributed by atoms with Crippen LogP contribution in [-0.4, -0.2) is 45.9 Å². The van der Waals surface area contributed by atoms with Crippen molar-refractivity contribution in [1.29, 1.82) is 0 Å². The van der Waals surface area contributed by atoms with E-state index in [2.05, 4.69) is 53.6 Å². The molecule has 0 spiro atoms. The molecule has 0 saturated carbocycles. The molecule has 0 fully saturated rings. The standard InChI is InChI=1S/C31H36N4O2/c1-23(2)35(31(37)33-19-25-9-5-4-6-10-25)22-30(36)34(21-26-15-13-24(3)14-16-26)18-17-27-20-32-29-12-8-7-11-28(27)29/h4-16,20,23,32H,17-19,21-22H2,1-3H3,(H,33,37). The molecular weight excluding hydrogens is 460 g/mol. The largest absolute Gasteiger partial charge is 0.361 e. The summed E-state index contributed by atoms with van der Waals surface area (Å²) in [5, 5.41) is 4.14. The Morgan fingerprint density at radius 1 is 0.892 bits per heavy atom. The first-order chi connectivity index (χ1) is 17.9. The zero-order chi connectivity index (χ0) is 26.2. The molecule has 0 unspecified atom stereocenters. The van der Waals surface area contributed by atoms with Gasteiger partial charge in [-0.2, -0.15) is 0 Å². The zero-order valence-corrected chi connectivity index (χ0v) is 21.9. The minimum atomic E-state index is -0.237. The summed E-state index contributed by atoms with van der Waals surface area (Å²) < 4.78 is 0. The first-order valence-electron chi connectivity index (χ1n) is 12.9. The van der Waals surface area contributed by atoms with Crippen molar-refractivity contribution in [2.75, 3.05) is 13.1 Å². The summed E-state index contributed by atoms with van der Waals surface area (Å²) in [6.07, 6.45) is 2.75. The molecule has 0 atom stereocenters. The number of H-pyrrole nitrogens is 1. The van der Waals surface area contributed by atoms with Gasteiger partial charge in [0.25, 0.3) is 0 Å². The second-order valence-electron chi connectivity index (χ2n) is 9.78. The van der Waals surface area contributed by atoms with Gasteiger partial charge >= 0.3 is 6.03 Å². The molecule has 37 heavy (non-hydrogen) atoms. The Kier molecular flexibility index (Phi) is 8.62. The normalized spacial score (nSPS) is 11.0. The second kappa shape index (κ2) is 12.3. The van der Waals surface area contributed by atoms with Gasteiger partial charge in [-0.3, -0.25) is 4.79 Å². The van der Waals surface area contributed by atoms with Crippen LogP contribution in [0.25, 0.3) is 10.9 Å². The number of urea groups is 1. The summed E-state index contributed by atoms with van der Waals surface area (Å²) in [5.41, 5.74) is 5.54. The number of aromatic nitrogens is 1. The summed E-state index contributed by atoms with van der Waals surface area (Å²) in [6, 6.07) is 25.9. The molecule has 6 nitrogen and oxygen atoms in total. The lowest BCUT2D eigenvalue weighted by atomic mass is 10.1. The Morgan fingerprint density at radius 3 is 2.32 bits per heavy atom. The zero-order valence-electron chi connectivity index (χ0n) is 21.9. The van der Waals surface area contributed by atoms with Crippen LogP contribution in [0.5, 0.6) is 0 Å². The number of benzene rings is 3. The van der Waals surface area contributed by atoms with Gasteiger partial charge in [-0.25, -0.2) is 4.79 Å². The highest BCUT2D eigenvalue weighted by molar-refractivity contribution is 5.85. The summed E-state index contributed by atoms with van der Waals surface area (Å²) in [6.45, 7) is 7.43. The fourth-order valence-electron chi connectivity index (χ4n) is 4.41. The molecule has 0 aliphatic carbocycles. The van der Waals surface area contributed by atoms with E-state index in [-0.39, 0.29) is 24.5 Å². The number of rotatable bonds is 10. The number of amides is 3. The quantitative estimate of drug-likeness (QED) is 0.297. The predicted molar refractivity (Wildman–Crippen MR) is 149 cm³/mol. The molecule has 4 aromatic rings. The number of aryl methyl sites for hydroxylation is 1. The van der Waals surface area contributed by atoms with Crippen LogP contribution >= 0.6 is 0 Å². The monoisotopic (exact) mass is 496 g/mol. The number of carbonyl (C=O) groups is 2. The number of fused-ring (bicyclic) bond motifs is 1. The fourth-order valence-corrected chi connectivity index (χ4v) is 4.41. The molecule has 3 aromatic carbocycles. The fraction of sp³-hybridized carbons (Fsp3) is 0.290. The van der Waals surface area contributed by atoms with E-state index in [4.69, 9.17) is 0 Å². The highest BCUT2D eigenvalue weighted by Gasteiger charge is 2.24. The number of para-hydroxylation sites is 1. The summed E-state index contributed by atoms with van der Waals surface area (Å²) >= 11 is 0. The molecule has 0 radical (unpaired) electrons. The smallest absolute Gasteiger partial charge is 0.318 e. The van der Waals surface area contributed by atoms with Crippen molar-refractivity contribution in [3.05, 3.63) is 107 Å². The van der Waals surface area contributed by atoms with Crippen LogP contribution in [0, 0.1) is 6.92 Å². The van der Waals surface area contributed by atoms with Crippen molar-refractivity contribution < 1.29 is 9.59 Å². The minimum Gasteiger partial charge on any atom is -0.361 e. The SMILES string of the molecule is Cc1ccc(CN(CCc2c[nH]c3ccccc23)C(=O)CN(C(=O)NCc2ccccc2)C(C)C)cc1. The van der Waals surface area contributed by atoms with Crippen molar-refractivity contribution in [3.63, 3.8) is 0 Å². The molecule has 192 valence electrons. The van der Waals surface area contributed by atoms with E-state index in [1.807, 2.05) is 67.4 Å².